The van der Waals surface area contributed by atoms with Gasteiger partial charge in [-0.25, -0.2) is 9.59 Å². The molecule has 0 saturated carbocycles. The molecule has 0 fully saturated rings. The zero-order valence-corrected chi connectivity index (χ0v) is 13.4. The normalized spacial score (nSPS) is 12.2. The molecule has 1 N–H and O–H groups in total. The quantitative estimate of drug-likeness (QED) is 0.683. The van der Waals surface area contributed by atoms with Crippen molar-refractivity contribution in [2.24, 2.45) is 0 Å². The van der Waals surface area contributed by atoms with E-state index < -0.39 is 23.7 Å². The summed E-state index contributed by atoms with van der Waals surface area (Å²) in [6, 6.07) is 5.36. The number of alkyl carbamates (subject to hydrolysis) is 1. The number of carbonyl (C=O) groups is 3. The Bertz CT molecular complexity index is 574. The average molecular weight is 307 g/mol. The number of ether oxygens (including phenoxy) is 2. The Morgan fingerprint density at radius 1 is 1.14 bits per heavy atom. The van der Waals surface area contributed by atoms with E-state index in [9.17, 15) is 14.4 Å². The number of Topliss-reactive ketones (excluding diaryl/α,β-unsaturated/α-hetero) is 1. The minimum Gasteiger partial charge on any atom is -0.465 e. The third kappa shape index (κ3) is 5.20. The van der Waals surface area contributed by atoms with Gasteiger partial charge in [-0.3, -0.25) is 4.79 Å². The van der Waals surface area contributed by atoms with Crippen molar-refractivity contribution in [3.05, 3.63) is 35.4 Å². The van der Waals surface area contributed by atoms with Crippen LogP contribution in [0, 0.1) is 0 Å². The number of hydrogen-bond donors (Lipinski definition) is 1. The Morgan fingerprint density at radius 3 is 2.27 bits per heavy atom. The molecule has 1 atom stereocenters. The summed E-state index contributed by atoms with van der Waals surface area (Å²) in [6.07, 6.45) is -0.669. The van der Waals surface area contributed by atoms with Crippen LogP contribution < -0.4 is 5.32 Å². The van der Waals surface area contributed by atoms with Crippen LogP contribution >= 0.6 is 0 Å². The molecule has 0 heterocycles. The van der Waals surface area contributed by atoms with E-state index in [0.29, 0.717) is 5.56 Å². The predicted octanol–water partition coefficient (Wildman–Crippen LogP) is 2.57. The predicted molar refractivity (Wildman–Crippen MR) is 80.9 cm³/mol. The summed E-state index contributed by atoms with van der Waals surface area (Å²) in [4.78, 5) is 35.4. The van der Waals surface area contributed by atoms with Gasteiger partial charge in [-0.15, -0.1) is 0 Å². The van der Waals surface area contributed by atoms with Crippen LogP contribution in [0.2, 0.25) is 0 Å². The van der Waals surface area contributed by atoms with Gasteiger partial charge in [0.25, 0.3) is 0 Å². The van der Waals surface area contributed by atoms with Crippen LogP contribution in [0.25, 0.3) is 0 Å². The lowest BCUT2D eigenvalue weighted by molar-refractivity contribution is 0.0495. The molecular weight excluding hydrogens is 286 g/mol. The number of methoxy groups -OCH3 is 1. The molecule has 6 nitrogen and oxygen atoms in total. The van der Waals surface area contributed by atoms with Gasteiger partial charge in [0.2, 0.25) is 0 Å². The summed E-state index contributed by atoms with van der Waals surface area (Å²) in [7, 11) is 1.27. The van der Waals surface area contributed by atoms with Gasteiger partial charge in [-0.2, -0.15) is 0 Å². The molecule has 1 amide bonds. The summed E-state index contributed by atoms with van der Waals surface area (Å²) in [5.41, 5.74) is -0.0539. The number of amides is 1. The Kier molecular flexibility index (Phi) is 5.68. The van der Waals surface area contributed by atoms with Crippen LogP contribution in [-0.2, 0) is 9.47 Å². The lowest BCUT2D eigenvalue weighted by atomic mass is 10.0. The highest BCUT2D eigenvalue weighted by Gasteiger charge is 2.22. The fourth-order valence-corrected chi connectivity index (χ4v) is 1.72. The highest BCUT2D eigenvalue weighted by Crippen LogP contribution is 2.11. The topological polar surface area (TPSA) is 81.7 Å². The molecule has 0 aliphatic heterocycles. The molecule has 1 rings (SSSR count). The molecular formula is C16H21NO5. The van der Waals surface area contributed by atoms with E-state index in [4.69, 9.17) is 4.74 Å². The van der Waals surface area contributed by atoms with Crippen molar-refractivity contribution in [3.63, 3.8) is 0 Å². The monoisotopic (exact) mass is 307 g/mol. The largest absolute Gasteiger partial charge is 0.465 e. The number of rotatable bonds is 4. The van der Waals surface area contributed by atoms with Gasteiger partial charge < -0.3 is 14.8 Å². The number of carbonyl (C=O) groups excluding carboxylic acids is 3. The summed E-state index contributed by atoms with van der Waals surface area (Å²) >= 11 is 0. The molecule has 0 aromatic heterocycles. The standard InChI is InChI=1S/C16H21NO5/c1-10(17-15(20)22-16(2,3)4)13(18)11-7-6-8-12(9-11)14(19)21-5/h6-10H,1-5H3,(H,17,20). The lowest BCUT2D eigenvalue weighted by Gasteiger charge is -2.21. The molecule has 6 heteroatoms. The molecule has 0 aliphatic carbocycles. The maximum absolute atomic E-state index is 12.3. The smallest absolute Gasteiger partial charge is 0.408 e. The van der Waals surface area contributed by atoms with E-state index in [0.717, 1.165) is 0 Å². The van der Waals surface area contributed by atoms with Crippen LogP contribution in [0.5, 0.6) is 0 Å². The fraction of sp³-hybridized carbons (Fsp3) is 0.438. The van der Waals surface area contributed by atoms with Gasteiger partial charge in [0.15, 0.2) is 5.78 Å². The number of benzene rings is 1. The van der Waals surface area contributed by atoms with E-state index in [2.05, 4.69) is 10.1 Å². The minimum absolute atomic E-state index is 0.276. The molecule has 22 heavy (non-hydrogen) atoms. The SMILES string of the molecule is COC(=O)c1cccc(C(=O)C(C)NC(=O)OC(C)(C)C)c1. The number of esters is 1. The second-order valence-corrected chi connectivity index (χ2v) is 5.80. The van der Waals surface area contributed by atoms with Gasteiger partial charge in [0.05, 0.1) is 18.7 Å². The van der Waals surface area contributed by atoms with Crippen molar-refractivity contribution in [3.8, 4) is 0 Å². The first-order valence-electron chi connectivity index (χ1n) is 6.86. The van der Waals surface area contributed by atoms with Gasteiger partial charge in [-0.05, 0) is 39.8 Å². The van der Waals surface area contributed by atoms with Crippen molar-refractivity contribution in [2.75, 3.05) is 7.11 Å². The second kappa shape index (κ2) is 7.06. The lowest BCUT2D eigenvalue weighted by Crippen LogP contribution is -2.41. The average Bonchev–Trinajstić information content (AvgIpc) is 2.43. The first kappa shape index (κ1) is 17.7. The zero-order valence-electron chi connectivity index (χ0n) is 13.4. The number of hydrogen-bond acceptors (Lipinski definition) is 5. The van der Waals surface area contributed by atoms with Gasteiger partial charge >= 0.3 is 12.1 Å². The highest BCUT2D eigenvalue weighted by atomic mass is 16.6. The molecule has 0 spiro atoms. The van der Waals surface area contributed by atoms with Crippen molar-refractivity contribution in [2.45, 2.75) is 39.3 Å². The summed E-state index contributed by atoms with van der Waals surface area (Å²) < 4.78 is 9.71. The number of nitrogens with one attached hydrogen (secondary N) is 1. The van der Waals surface area contributed by atoms with E-state index in [1.54, 1.807) is 45.9 Å². The van der Waals surface area contributed by atoms with Crippen LogP contribution in [-0.4, -0.2) is 36.6 Å². The third-order valence-electron chi connectivity index (χ3n) is 2.69. The highest BCUT2D eigenvalue weighted by molar-refractivity contribution is 6.03. The number of ketones is 1. The van der Waals surface area contributed by atoms with Crippen molar-refractivity contribution >= 4 is 17.8 Å². The van der Waals surface area contributed by atoms with Crippen LogP contribution in [0.15, 0.2) is 24.3 Å². The summed E-state index contributed by atoms with van der Waals surface area (Å²) in [5.74, 6) is -0.848. The molecule has 0 saturated heterocycles. The second-order valence-electron chi connectivity index (χ2n) is 5.80. The Labute approximate surface area is 129 Å². The minimum atomic E-state index is -0.775. The Hall–Kier alpha value is -2.37. The van der Waals surface area contributed by atoms with Crippen LogP contribution in [0.4, 0.5) is 4.79 Å². The van der Waals surface area contributed by atoms with Gasteiger partial charge in [-0.1, -0.05) is 12.1 Å². The van der Waals surface area contributed by atoms with E-state index in [1.807, 2.05) is 0 Å². The molecule has 0 bridgehead atoms. The maximum atomic E-state index is 12.3. The molecule has 120 valence electrons. The molecule has 0 aliphatic rings. The van der Waals surface area contributed by atoms with E-state index in [-0.39, 0.29) is 11.3 Å². The van der Waals surface area contributed by atoms with Crippen molar-refractivity contribution in [1.29, 1.82) is 0 Å². The van der Waals surface area contributed by atoms with Crippen molar-refractivity contribution in [1.82, 2.24) is 5.32 Å². The molecule has 1 aromatic carbocycles. The Morgan fingerprint density at radius 2 is 1.73 bits per heavy atom. The van der Waals surface area contributed by atoms with E-state index >= 15 is 0 Å². The first-order chi connectivity index (χ1) is 10.1. The van der Waals surface area contributed by atoms with Crippen LogP contribution in [0.3, 0.4) is 0 Å². The molecule has 1 unspecified atom stereocenters. The summed E-state index contributed by atoms with van der Waals surface area (Å²) in [6.45, 7) is 6.76. The van der Waals surface area contributed by atoms with E-state index in [1.165, 1.54) is 13.2 Å². The fourth-order valence-electron chi connectivity index (χ4n) is 1.72. The molecule has 0 radical (unpaired) electrons. The zero-order chi connectivity index (χ0) is 16.9. The van der Waals surface area contributed by atoms with Crippen LogP contribution in [0.1, 0.15) is 48.4 Å². The first-order valence-corrected chi connectivity index (χ1v) is 6.86. The Balaban J connectivity index is 2.79. The molecule has 1 aromatic rings. The van der Waals surface area contributed by atoms with Crippen molar-refractivity contribution < 1.29 is 23.9 Å². The third-order valence-corrected chi connectivity index (χ3v) is 2.69. The summed E-state index contributed by atoms with van der Waals surface area (Å²) in [5, 5.41) is 2.47. The van der Waals surface area contributed by atoms with Gasteiger partial charge in [0, 0.05) is 5.56 Å². The maximum Gasteiger partial charge on any atom is 0.408 e. The van der Waals surface area contributed by atoms with Gasteiger partial charge in [0.1, 0.15) is 5.60 Å².